The van der Waals surface area contributed by atoms with Crippen LogP contribution in [0.25, 0.3) is 11.2 Å². The van der Waals surface area contributed by atoms with E-state index in [9.17, 15) is 0 Å². The van der Waals surface area contributed by atoms with E-state index in [1.807, 2.05) is 22.8 Å². The van der Waals surface area contributed by atoms with Crippen molar-refractivity contribution in [1.29, 1.82) is 0 Å². The quantitative estimate of drug-likeness (QED) is 0.513. The SMILES string of the molecule is CC1(Oc2ncnc3c2nc(Br)n3Cc2ccccc2)CCC1.[Li]. The number of rotatable bonds is 4. The number of fused-ring (bicyclic) bond motifs is 1. The Hall–Kier alpha value is -1.35. The Labute approximate surface area is 161 Å². The Morgan fingerprint density at radius 1 is 1.21 bits per heavy atom. The Kier molecular flexibility index (Phi) is 5.00. The van der Waals surface area contributed by atoms with Crippen LogP contribution in [-0.2, 0) is 6.54 Å². The van der Waals surface area contributed by atoms with Gasteiger partial charge in [0.1, 0.15) is 11.9 Å². The summed E-state index contributed by atoms with van der Waals surface area (Å²) in [5.74, 6) is 0.574. The molecule has 0 atom stereocenters. The summed E-state index contributed by atoms with van der Waals surface area (Å²) < 4.78 is 8.89. The van der Waals surface area contributed by atoms with Crippen LogP contribution in [0.2, 0.25) is 0 Å². The van der Waals surface area contributed by atoms with Gasteiger partial charge in [0.15, 0.2) is 15.9 Å². The van der Waals surface area contributed by atoms with Crippen LogP contribution in [0.5, 0.6) is 5.88 Å². The van der Waals surface area contributed by atoms with E-state index in [2.05, 4.69) is 49.9 Å². The smallest absolute Gasteiger partial charge is 0.246 e. The van der Waals surface area contributed by atoms with Crippen molar-refractivity contribution >= 4 is 46.0 Å². The van der Waals surface area contributed by atoms with E-state index in [4.69, 9.17) is 4.74 Å². The zero-order valence-corrected chi connectivity index (χ0v) is 15.5. The van der Waals surface area contributed by atoms with Gasteiger partial charge < -0.3 is 4.74 Å². The van der Waals surface area contributed by atoms with Crippen molar-refractivity contribution in [2.75, 3.05) is 0 Å². The van der Waals surface area contributed by atoms with Crippen LogP contribution >= 0.6 is 15.9 Å². The molecular formula is C17H17BrLiN4O. The molecule has 0 saturated heterocycles. The summed E-state index contributed by atoms with van der Waals surface area (Å²) in [7, 11) is 0. The summed E-state index contributed by atoms with van der Waals surface area (Å²) in [4.78, 5) is 13.3. The minimum absolute atomic E-state index is 0. The van der Waals surface area contributed by atoms with Gasteiger partial charge in [0.05, 0.1) is 6.54 Å². The largest absolute Gasteiger partial charge is 0.470 e. The van der Waals surface area contributed by atoms with E-state index in [1.54, 1.807) is 6.33 Å². The molecule has 1 aromatic carbocycles. The predicted molar refractivity (Wildman–Crippen MR) is 97.2 cm³/mol. The van der Waals surface area contributed by atoms with Crippen molar-refractivity contribution in [2.24, 2.45) is 0 Å². The van der Waals surface area contributed by atoms with E-state index in [0.29, 0.717) is 17.9 Å². The molecule has 2 aromatic heterocycles. The van der Waals surface area contributed by atoms with Crippen LogP contribution in [0.15, 0.2) is 41.4 Å². The van der Waals surface area contributed by atoms with Gasteiger partial charge in [0.25, 0.3) is 0 Å². The van der Waals surface area contributed by atoms with Crippen molar-refractivity contribution in [1.82, 2.24) is 19.5 Å². The molecule has 1 fully saturated rings. The minimum Gasteiger partial charge on any atom is -0.470 e. The minimum atomic E-state index is -0.114. The molecule has 0 bridgehead atoms. The number of hydrogen-bond donors (Lipinski definition) is 0. The van der Waals surface area contributed by atoms with Crippen LogP contribution in [0.4, 0.5) is 0 Å². The van der Waals surface area contributed by atoms with Crippen molar-refractivity contribution in [2.45, 2.75) is 38.3 Å². The molecule has 1 radical (unpaired) electrons. The van der Waals surface area contributed by atoms with Gasteiger partial charge in [0, 0.05) is 18.9 Å². The molecule has 2 heterocycles. The molecule has 0 amide bonds. The normalized spacial score (nSPS) is 15.6. The fourth-order valence-electron chi connectivity index (χ4n) is 2.88. The molecule has 1 aliphatic carbocycles. The molecule has 0 aliphatic heterocycles. The van der Waals surface area contributed by atoms with Gasteiger partial charge in [-0.05, 0) is 47.7 Å². The maximum Gasteiger partial charge on any atom is 0.246 e. The van der Waals surface area contributed by atoms with Crippen molar-refractivity contribution < 1.29 is 4.74 Å². The van der Waals surface area contributed by atoms with Crippen LogP contribution in [0.3, 0.4) is 0 Å². The molecule has 4 rings (SSSR count). The zero-order chi connectivity index (χ0) is 15.9. The average Bonchev–Trinajstić information content (AvgIpc) is 2.84. The van der Waals surface area contributed by atoms with Crippen LogP contribution in [-0.4, -0.2) is 44.0 Å². The first-order valence-electron chi connectivity index (χ1n) is 7.74. The molecule has 1 aliphatic rings. The molecule has 3 aromatic rings. The molecule has 0 spiro atoms. The van der Waals surface area contributed by atoms with Gasteiger partial charge in [-0.15, -0.1) is 0 Å². The van der Waals surface area contributed by atoms with Crippen molar-refractivity contribution in [3.63, 3.8) is 0 Å². The third-order valence-electron chi connectivity index (χ3n) is 4.39. The Morgan fingerprint density at radius 2 is 1.96 bits per heavy atom. The first-order valence-corrected chi connectivity index (χ1v) is 8.54. The number of hydrogen-bond acceptors (Lipinski definition) is 4. The third-order valence-corrected chi connectivity index (χ3v) is 5.00. The fourth-order valence-corrected chi connectivity index (χ4v) is 3.35. The second-order valence-electron chi connectivity index (χ2n) is 6.21. The summed E-state index contributed by atoms with van der Waals surface area (Å²) >= 11 is 3.54. The number of ether oxygens (including phenoxy) is 1. The standard InChI is InChI=1S/C17H17BrN4O.Li/c1-17(8-5-9-17)23-15-13-14(19-11-20-15)22(16(18)21-13)10-12-6-3-2-4-7-12;/h2-4,6-7,11H,5,8-10H2,1H3;. The van der Waals surface area contributed by atoms with Gasteiger partial charge in [-0.3, -0.25) is 4.57 Å². The summed E-state index contributed by atoms with van der Waals surface area (Å²) in [6.07, 6.45) is 4.88. The maximum absolute atomic E-state index is 6.12. The number of benzene rings is 1. The number of imidazole rings is 1. The number of aromatic nitrogens is 4. The molecule has 7 heteroatoms. The second kappa shape index (κ2) is 6.87. The monoisotopic (exact) mass is 379 g/mol. The Morgan fingerprint density at radius 3 is 2.62 bits per heavy atom. The molecule has 119 valence electrons. The van der Waals surface area contributed by atoms with Crippen LogP contribution in [0.1, 0.15) is 31.7 Å². The summed E-state index contributed by atoms with van der Waals surface area (Å²) in [5, 5.41) is 0. The fraction of sp³-hybridized carbons (Fsp3) is 0.353. The predicted octanol–water partition coefficient (Wildman–Crippen LogP) is 3.58. The Bertz CT molecular complexity index is 848. The summed E-state index contributed by atoms with van der Waals surface area (Å²) in [5.41, 5.74) is 2.58. The Balaban J connectivity index is 0.00000169. The first-order chi connectivity index (χ1) is 11.1. The number of halogens is 1. The van der Waals surface area contributed by atoms with E-state index in [-0.39, 0.29) is 24.5 Å². The molecule has 0 unspecified atom stereocenters. The van der Waals surface area contributed by atoms with Gasteiger partial charge in [-0.2, -0.15) is 4.98 Å². The van der Waals surface area contributed by atoms with E-state index in [0.717, 1.165) is 23.2 Å². The summed E-state index contributed by atoms with van der Waals surface area (Å²) in [6.45, 7) is 2.83. The summed E-state index contributed by atoms with van der Waals surface area (Å²) in [6, 6.07) is 10.3. The topological polar surface area (TPSA) is 52.8 Å². The van der Waals surface area contributed by atoms with E-state index >= 15 is 0 Å². The van der Waals surface area contributed by atoms with Gasteiger partial charge in [-0.1, -0.05) is 30.3 Å². The molecule has 0 N–H and O–H groups in total. The average molecular weight is 380 g/mol. The van der Waals surface area contributed by atoms with Gasteiger partial charge in [-0.25, -0.2) is 9.97 Å². The molecule has 1 saturated carbocycles. The van der Waals surface area contributed by atoms with Gasteiger partial charge >= 0.3 is 0 Å². The van der Waals surface area contributed by atoms with Gasteiger partial charge in [0.2, 0.25) is 5.88 Å². The second-order valence-corrected chi connectivity index (χ2v) is 6.92. The van der Waals surface area contributed by atoms with E-state index in [1.165, 1.54) is 12.0 Å². The molecular weight excluding hydrogens is 363 g/mol. The van der Waals surface area contributed by atoms with E-state index < -0.39 is 0 Å². The van der Waals surface area contributed by atoms with Crippen molar-refractivity contribution in [3.8, 4) is 5.88 Å². The van der Waals surface area contributed by atoms with Crippen LogP contribution in [0, 0.1) is 0 Å². The molecule has 24 heavy (non-hydrogen) atoms. The number of nitrogens with zero attached hydrogens (tertiary/aromatic N) is 4. The van der Waals surface area contributed by atoms with Crippen molar-refractivity contribution in [3.05, 3.63) is 47.0 Å². The maximum atomic E-state index is 6.12. The zero-order valence-electron chi connectivity index (χ0n) is 13.9. The third kappa shape index (κ3) is 3.23. The molecule has 5 nitrogen and oxygen atoms in total. The van der Waals surface area contributed by atoms with Crippen LogP contribution < -0.4 is 4.74 Å². The first kappa shape index (κ1) is 17.5.